The molecule has 1 saturated carbocycles. The quantitative estimate of drug-likeness (QED) is 0.355. The van der Waals surface area contributed by atoms with Crippen molar-refractivity contribution >= 4 is 15.7 Å². The molecule has 3 fully saturated rings. The molecule has 1 aromatic carbocycles. The molecule has 4 rings (SSSR count). The summed E-state index contributed by atoms with van der Waals surface area (Å²) in [5.41, 5.74) is 2.98. The summed E-state index contributed by atoms with van der Waals surface area (Å²) in [4.78, 5) is 2.53. The number of nitrogens with one attached hydrogen (secondary N) is 2. The maximum absolute atomic E-state index is 12.9. The first kappa shape index (κ1) is 25.3. The number of alkyl halides is 3. The summed E-state index contributed by atoms with van der Waals surface area (Å²) in [6, 6.07) is 5.71. The molecule has 2 saturated heterocycles. The molecule has 3 aliphatic rings. The Bertz CT molecular complexity index is 970. The summed E-state index contributed by atoms with van der Waals surface area (Å²) in [7, 11) is -2.79. The largest absolute Gasteiger partial charge is 0.416 e. The van der Waals surface area contributed by atoms with Gasteiger partial charge in [-0.1, -0.05) is 12.1 Å². The van der Waals surface area contributed by atoms with Crippen molar-refractivity contribution in [2.45, 2.75) is 64.2 Å². The van der Waals surface area contributed by atoms with Crippen molar-refractivity contribution < 1.29 is 21.6 Å². The van der Waals surface area contributed by atoms with Crippen molar-refractivity contribution in [2.24, 2.45) is 16.4 Å². The molecule has 190 valence electrons. The highest BCUT2D eigenvalue weighted by atomic mass is 32.2. The zero-order valence-electron chi connectivity index (χ0n) is 19.9. The fourth-order valence-electron chi connectivity index (χ4n) is 5.57. The van der Waals surface area contributed by atoms with Gasteiger partial charge in [0.2, 0.25) is 0 Å². The van der Waals surface area contributed by atoms with Gasteiger partial charge in [0.1, 0.15) is 0 Å². The minimum Gasteiger partial charge on any atom is -0.368 e. The van der Waals surface area contributed by atoms with Crippen LogP contribution in [-0.2, 0) is 16.0 Å². The van der Waals surface area contributed by atoms with Crippen molar-refractivity contribution in [2.75, 3.05) is 31.1 Å². The van der Waals surface area contributed by atoms with Gasteiger partial charge in [-0.3, -0.25) is 0 Å². The van der Waals surface area contributed by atoms with E-state index in [2.05, 4.69) is 20.7 Å². The lowest BCUT2D eigenvalue weighted by atomic mass is 9.81. The molecule has 0 amide bonds. The SMILES string of the molecule is CC(C)N/N=C(\NC[C@H]1CC[C@H](N2CCC3(CC2)CS(=O)(=O)C3)C1)c1ccc(C(F)(F)F)cc1. The van der Waals surface area contributed by atoms with Crippen LogP contribution in [0, 0.1) is 11.3 Å². The van der Waals surface area contributed by atoms with Crippen LogP contribution in [0.1, 0.15) is 57.1 Å². The van der Waals surface area contributed by atoms with E-state index in [1.54, 1.807) is 0 Å². The number of hydrazone groups is 1. The smallest absolute Gasteiger partial charge is 0.368 e. The van der Waals surface area contributed by atoms with Crippen molar-refractivity contribution in [1.29, 1.82) is 0 Å². The standard InChI is InChI=1S/C24H35F3N4O2S/c1-17(2)29-30-22(19-4-6-20(7-5-19)24(25,26)27)28-14-18-3-8-21(13-18)31-11-9-23(10-12-31)15-34(32,33)16-23/h4-7,17-18,21,29H,3,8-16H2,1-2H3,(H,28,30)/t18-,21-/m0/s1. The molecule has 2 atom stereocenters. The first-order valence-corrected chi connectivity index (χ1v) is 14.0. The highest BCUT2D eigenvalue weighted by Crippen LogP contribution is 2.43. The van der Waals surface area contributed by atoms with Crippen LogP contribution in [0.3, 0.4) is 0 Å². The van der Waals surface area contributed by atoms with Gasteiger partial charge in [0.05, 0.1) is 17.1 Å². The number of rotatable bonds is 6. The number of amidine groups is 1. The van der Waals surface area contributed by atoms with Crippen LogP contribution in [0.2, 0.25) is 0 Å². The maximum Gasteiger partial charge on any atom is 0.416 e. The Balaban J connectivity index is 1.30. The molecule has 1 aromatic rings. The molecule has 0 unspecified atom stereocenters. The predicted molar refractivity (Wildman–Crippen MR) is 127 cm³/mol. The average Bonchev–Trinajstić information content (AvgIpc) is 3.21. The number of benzene rings is 1. The molecule has 6 nitrogen and oxygen atoms in total. The highest BCUT2D eigenvalue weighted by Gasteiger charge is 2.50. The fraction of sp³-hybridized carbons (Fsp3) is 0.708. The molecule has 10 heteroatoms. The predicted octanol–water partition coefficient (Wildman–Crippen LogP) is 3.63. The van der Waals surface area contributed by atoms with E-state index in [9.17, 15) is 21.6 Å². The number of piperidine rings is 1. The summed E-state index contributed by atoms with van der Waals surface area (Å²) in [5.74, 6) is 1.74. The summed E-state index contributed by atoms with van der Waals surface area (Å²) < 4.78 is 62.0. The molecular weight excluding hydrogens is 465 g/mol. The lowest BCUT2D eigenvalue weighted by molar-refractivity contribution is -0.137. The topological polar surface area (TPSA) is 73.8 Å². The van der Waals surface area contributed by atoms with E-state index < -0.39 is 21.6 Å². The summed E-state index contributed by atoms with van der Waals surface area (Å²) in [6.45, 7) is 6.56. The molecule has 0 radical (unpaired) electrons. The molecule has 1 aliphatic carbocycles. The fourth-order valence-corrected chi connectivity index (χ4v) is 7.93. The first-order chi connectivity index (χ1) is 15.9. The first-order valence-electron chi connectivity index (χ1n) is 12.1. The van der Waals surface area contributed by atoms with E-state index in [4.69, 9.17) is 0 Å². The van der Waals surface area contributed by atoms with Crippen molar-refractivity contribution in [3.8, 4) is 0 Å². The van der Waals surface area contributed by atoms with E-state index in [1.165, 1.54) is 12.1 Å². The van der Waals surface area contributed by atoms with E-state index >= 15 is 0 Å². The minimum atomic E-state index is -4.36. The summed E-state index contributed by atoms with van der Waals surface area (Å²) in [5, 5.41) is 7.79. The molecule has 2 aliphatic heterocycles. The van der Waals surface area contributed by atoms with E-state index in [0.29, 0.717) is 41.4 Å². The normalized spacial score (nSPS) is 27.1. The van der Waals surface area contributed by atoms with Crippen LogP contribution in [0.4, 0.5) is 13.2 Å². The number of halogens is 3. The van der Waals surface area contributed by atoms with Crippen molar-refractivity contribution in [1.82, 2.24) is 15.6 Å². The number of sulfone groups is 1. The Hall–Kier alpha value is -1.81. The van der Waals surface area contributed by atoms with E-state index in [0.717, 1.165) is 57.3 Å². The Kier molecular flexibility index (Phi) is 7.20. The number of hydrogen-bond donors (Lipinski definition) is 2. The summed E-state index contributed by atoms with van der Waals surface area (Å²) >= 11 is 0. The Labute approximate surface area is 200 Å². The monoisotopic (exact) mass is 500 g/mol. The second kappa shape index (κ2) is 9.68. The van der Waals surface area contributed by atoms with Crippen molar-refractivity contribution in [3.63, 3.8) is 0 Å². The molecule has 0 aromatic heterocycles. The van der Waals surface area contributed by atoms with Crippen molar-refractivity contribution in [3.05, 3.63) is 35.4 Å². The van der Waals surface area contributed by atoms with Crippen LogP contribution in [0.5, 0.6) is 0 Å². The lowest BCUT2D eigenvalue weighted by Crippen LogP contribution is -2.55. The van der Waals surface area contributed by atoms with Crippen LogP contribution in [-0.4, -0.2) is 62.4 Å². The molecular formula is C24H35F3N4O2S. The van der Waals surface area contributed by atoms with Crippen LogP contribution < -0.4 is 10.7 Å². The van der Waals surface area contributed by atoms with Gasteiger partial charge in [0.25, 0.3) is 0 Å². The molecule has 34 heavy (non-hydrogen) atoms. The third kappa shape index (κ3) is 6.05. The Morgan fingerprint density at radius 3 is 2.35 bits per heavy atom. The average molecular weight is 501 g/mol. The molecule has 2 N–H and O–H groups in total. The third-order valence-corrected chi connectivity index (χ3v) is 9.52. The van der Waals surface area contributed by atoms with E-state index in [-0.39, 0.29) is 11.5 Å². The van der Waals surface area contributed by atoms with Crippen LogP contribution in [0.25, 0.3) is 0 Å². The van der Waals surface area contributed by atoms with Gasteiger partial charge < -0.3 is 15.6 Å². The second-order valence-electron chi connectivity index (χ2n) is 10.6. The molecule has 0 bridgehead atoms. The van der Waals surface area contributed by atoms with Gasteiger partial charge in [0, 0.05) is 29.6 Å². The number of nitrogens with zero attached hydrogens (tertiary/aromatic N) is 2. The number of hydrogen-bond acceptors (Lipinski definition) is 5. The van der Waals surface area contributed by atoms with Gasteiger partial charge in [0.15, 0.2) is 15.7 Å². The Morgan fingerprint density at radius 2 is 1.79 bits per heavy atom. The van der Waals surface area contributed by atoms with Crippen LogP contribution >= 0.6 is 0 Å². The lowest BCUT2D eigenvalue weighted by Gasteiger charge is -2.48. The van der Waals surface area contributed by atoms with Crippen LogP contribution in [0.15, 0.2) is 29.4 Å². The van der Waals surface area contributed by atoms with Gasteiger partial charge in [-0.05, 0) is 77.1 Å². The Morgan fingerprint density at radius 1 is 1.15 bits per heavy atom. The van der Waals surface area contributed by atoms with Gasteiger partial charge in [-0.25, -0.2) is 8.42 Å². The highest BCUT2D eigenvalue weighted by molar-refractivity contribution is 7.92. The summed E-state index contributed by atoms with van der Waals surface area (Å²) in [6.07, 6.45) is 0.851. The van der Waals surface area contributed by atoms with E-state index in [1.807, 2.05) is 13.8 Å². The molecule has 1 spiro atoms. The second-order valence-corrected chi connectivity index (χ2v) is 12.7. The minimum absolute atomic E-state index is 0.0331. The number of likely N-dealkylation sites (tertiary alicyclic amines) is 1. The van der Waals surface area contributed by atoms with Gasteiger partial charge in [-0.2, -0.15) is 18.3 Å². The van der Waals surface area contributed by atoms with Gasteiger partial charge >= 0.3 is 6.18 Å². The third-order valence-electron chi connectivity index (χ3n) is 7.42. The van der Waals surface area contributed by atoms with Gasteiger partial charge in [-0.15, -0.1) is 0 Å². The maximum atomic E-state index is 12.9. The zero-order chi connectivity index (χ0) is 24.6. The zero-order valence-corrected chi connectivity index (χ0v) is 20.7. The molecule has 2 heterocycles.